The third-order valence-electron chi connectivity index (χ3n) is 4.07. The first-order valence-corrected chi connectivity index (χ1v) is 9.34. The summed E-state index contributed by atoms with van der Waals surface area (Å²) < 4.78 is 6.08. The summed E-state index contributed by atoms with van der Waals surface area (Å²) in [5.41, 5.74) is 0.945. The molecule has 0 aliphatic carbocycles. The van der Waals surface area contributed by atoms with Crippen LogP contribution in [0.3, 0.4) is 0 Å². The predicted molar refractivity (Wildman–Crippen MR) is 105 cm³/mol. The largest absolute Gasteiger partial charge is 0.451 e. The molecule has 0 aliphatic rings. The molecule has 1 atom stereocenters. The first kappa shape index (κ1) is 18.8. The van der Waals surface area contributed by atoms with Gasteiger partial charge in [0.2, 0.25) is 0 Å². The molecule has 27 heavy (non-hydrogen) atoms. The summed E-state index contributed by atoms with van der Waals surface area (Å²) in [6.07, 6.45) is 0.395. The molecule has 0 fully saturated rings. The maximum absolute atomic E-state index is 12.2. The molecule has 2 aromatic carbocycles. The second kappa shape index (κ2) is 8.60. The predicted octanol–water partition coefficient (Wildman–Crippen LogP) is 3.37. The standard InChI is InChI=1S/C21H19NO4S/c1-14(23)17(11-15-7-3-2-4-8-15)22-20(24)13-26-21(25)19-12-16-9-5-6-10-18(16)27-19/h2-10,12,17H,11,13H2,1H3,(H,22,24)/t17-/m1/s1. The number of hydrogen-bond acceptors (Lipinski definition) is 5. The lowest BCUT2D eigenvalue weighted by molar-refractivity contribution is -0.128. The van der Waals surface area contributed by atoms with Crippen molar-refractivity contribution in [2.75, 3.05) is 6.61 Å². The fourth-order valence-corrected chi connectivity index (χ4v) is 3.62. The zero-order valence-corrected chi connectivity index (χ0v) is 15.6. The molecule has 0 saturated carbocycles. The fourth-order valence-electron chi connectivity index (χ4n) is 2.67. The minimum atomic E-state index is -0.650. The van der Waals surface area contributed by atoms with Crippen LogP contribution < -0.4 is 5.32 Å². The van der Waals surface area contributed by atoms with Gasteiger partial charge < -0.3 is 10.1 Å². The Balaban J connectivity index is 1.55. The van der Waals surface area contributed by atoms with Crippen LogP contribution in [-0.4, -0.2) is 30.3 Å². The van der Waals surface area contributed by atoms with Crippen molar-refractivity contribution in [3.63, 3.8) is 0 Å². The molecule has 0 saturated heterocycles. The number of benzene rings is 2. The third kappa shape index (κ3) is 5.01. The van der Waals surface area contributed by atoms with E-state index in [1.165, 1.54) is 18.3 Å². The first-order chi connectivity index (χ1) is 13.0. The SMILES string of the molecule is CC(=O)[C@@H](Cc1ccccc1)NC(=O)COC(=O)c1cc2ccccc2s1. The van der Waals surface area contributed by atoms with Gasteiger partial charge in [-0.15, -0.1) is 11.3 Å². The molecule has 0 spiro atoms. The van der Waals surface area contributed by atoms with Gasteiger partial charge >= 0.3 is 5.97 Å². The topological polar surface area (TPSA) is 72.5 Å². The Bertz CT molecular complexity index is 931. The van der Waals surface area contributed by atoms with E-state index in [1.54, 1.807) is 6.07 Å². The molecule has 5 nitrogen and oxygen atoms in total. The number of amides is 1. The number of thiophene rings is 1. The van der Waals surface area contributed by atoms with Crippen molar-refractivity contribution in [3.8, 4) is 0 Å². The molecule has 3 aromatic rings. The van der Waals surface area contributed by atoms with Crippen molar-refractivity contribution in [1.82, 2.24) is 5.32 Å². The van der Waals surface area contributed by atoms with Crippen LogP contribution in [0.4, 0.5) is 0 Å². The minimum absolute atomic E-state index is 0.150. The van der Waals surface area contributed by atoms with E-state index in [0.717, 1.165) is 15.6 Å². The van der Waals surface area contributed by atoms with Gasteiger partial charge in [-0.25, -0.2) is 4.79 Å². The number of fused-ring (bicyclic) bond motifs is 1. The maximum atomic E-state index is 12.2. The van der Waals surface area contributed by atoms with Gasteiger partial charge in [-0.2, -0.15) is 0 Å². The zero-order valence-electron chi connectivity index (χ0n) is 14.8. The van der Waals surface area contributed by atoms with E-state index in [9.17, 15) is 14.4 Å². The Morgan fingerprint density at radius 1 is 1.04 bits per heavy atom. The van der Waals surface area contributed by atoms with Gasteiger partial charge in [-0.3, -0.25) is 9.59 Å². The summed E-state index contributed by atoms with van der Waals surface area (Å²) in [6, 6.07) is 18.1. The molecule has 0 aliphatic heterocycles. The summed E-state index contributed by atoms with van der Waals surface area (Å²) in [5, 5.41) is 3.59. The van der Waals surface area contributed by atoms with E-state index in [0.29, 0.717) is 11.3 Å². The summed E-state index contributed by atoms with van der Waals surface area (Å²) in [6.45, 7) is 1.00. The highest BCUT2D eigenvalue weighted by Crippen LogP contribution is 2.25. The van der Waals surface area contributed by atoms with Crippen molar-refractivity contribution in [2.45, 2.75) is 19.4 Å². The fraction of sp³-hybridized carbons (Fsp3) is 0.190. The van der Waals surface area contributed by atoms with Gasteiger partial charge in [0.15, 0.2) is 12.4 Å². The number of Topliss-reactive ketones (excluding diaryl/α,β-unsaturated/α-hetero) is 1. The third-order valence-corrected chi connectivity index (χ3v) is 5.17. The highest BCUT2D eigenvalue weighted by molar-refractivity contribution is 7.20. The Kier molecular flexibility index (Phi) is 5.98. The molecule has 0 bridgehead atoms. The van der Waals surface area contributed by atoms with E-state index < -0.39 is 24.5 Å². The molecule has 138 valence electrons. The van der Waals surface area contributed by atoms with Gasteiger partial charge in [0.05, 0.1) is 6.04 Å². The first-order valence-electron chi connectivity index (χ1n) is 8.52. The summed E-state index contributed by atoms with van der Waals surface area (Å²) >= 11 is 1.32. The Morgan fingerprint density at radius 3 is 2.44 bits per heavy atom. The van der Waals surface area contributed by atoms with Crippen molar-refractivity contribution >= 4 is 39.1 Å². The molecule has 0 unspecified atom stereocenters. The number of hydrogen-bond donors (Lipinski definition) is 1. The molecular formula is C21H19NO4S. The lowest BCUT2D eigenvalue weighted by Gasteiger charge is -2.16. The molecule has 0 radical (unpaired) electrons. The summed E-state index contributed by atoms with van der Waals surface area (Å²) in [4.78, 5) is 36.6. The summed E-state index contributed by atoms with van der Waals surface area (Å²) in [5.74, 6) is -1.20. The van der Waals surface area contributed by atoms with Crippen LogP contribution in [0.15, 0.2) is 60.7 Å². The van der Waals surface area contributed by atoms with Crippen LogP contribution in [-0.2, 0) is 20.7 Å². The number of carbonyl (C=O) groups is 3. The maximum Gasteiger partial charge on any atom is 0.348 e. The minimum Gasteiger partial charge on any atom is -0.451 e. The molecule has 6 heteroatoms. The van der Waals surface area contributed by atoms with Gasteiger partial charge in [0.25, 0.3) is 5.91 Å². The average Bonchev–Trinajstić information content (AvgIpc) is 3.10. The highest BCUT2D eigenvalue weighted by atomic mass is 32.1. The van der Waals surface area contributed by atoms with Crippen molar-refractivity contribution in [1.29, 1.82) is 0 Å². The molecule has 1 N–H and O–H groups in total. The van der Waals surface area contributed by atoms with Crippen LogP contribution in [0.2, 0.25) is 0 Å². The van der Waals surface area contributed by atoms with Crippen LogP contribution in [0.5, 0.6) is 0 Å². The quantitative estimate of drug-likeness (QED) is 0.637. The Hall–Kier alpha value is -2.99. The number of rotatable bonds is 7. The lowest BCUT2D eigenvalue weighted by Crippen LogP contribution is -2.43. The molecular weight excluding hydrogens is 362 g/mol. The molecule has 1 amide bonds. The summed E-state index contributed by atoms with van der Waals surface area (Å²) in [7, 11) is 0. The highest BCUT2D eigenvalue weighted by Gasteiger charge is 2.19. The number of carbonyl (C=O) groups excluding carboxylic acids is 3. The lowest BCUT2D eigenvalue weighted by atomic mass is 10.0. The number of esters is 1. The van der Waals surface area contributed by atoms with Crippen molar-refractivity contribution in [3.05, 3.63) is 71.1 Å². The molecule has 1 heterocycles. The second-order valence-electron chi connectivity index (χ2n) is 6.15. The smallest absolute Gasteiger partial charge is 0.348 e. The molecule has 3 rings (SSSR count). The van der Waals surface area contributed by atoms with Crippen LogP contribution in [0.25, 0.3) is 10.1 Å². The average molecular weight is 381 g/mol. The Morgan fingerprint density at radius 2 is 1.74 bits per heavy atom. The van der Waals surface area contributed by atoms with E-state index in [1.807, 2.05) is 54.6 Å². The van der Waals surface area contributed by atoms with Crippen LogP contribution >= 0.6 is 11.3 Å². The Labute approximate surface area is 161 Å². The monoisotopic (exact) mass is 381 g/mol. The number of ether oxygens (including phenoxy) is 1. The van der Waals surface area contributed by atoms with Crippen LogP contribution in [0.1, 0.15) is 22.2 Å². The van der Waals surface area contributed by atoms with Crippen molar-refractivity contribution in [2.24, 2.45) is 0 Å². The van der Waals surface area contributed by atoms with Gasteiger partial charge in [-0.05, 0) is 36.4 Å². The second-order valence-corrected chi connectivity index (χ2v) is 7.23. The van der Waals surface area contributed by atoms with E-state index in [-0.39, 0.29) is 5.78 Å². The molecule has 1 aromatic heterocycles. The normalized spacial score (nSPS) is 11.7. The van der Waals surface area contributed by atoms with Crippen molar-refractivity contribution < 1.29 is 19.1 Å². The van der Waals surface area contributed by atoms with E-state index in [2.05, 4.69) is 5.32 Å². The number of ketones is 1. The van der Waals surface area contributed by atoms with Gasteiger partial charge in [0.1, 0.15) is 4.88 Å². The van der Waals surface area contributed by atoms with Gasteiger partial charge in [-0.1, -0.05) is 48.5 Å². The number of nitrogens with one attached hydrogen (secondary N) is 1. The van der Waals surface area contributed by atoms with E-state index >= 15 is 0 Å². The van der Waals surface area contributed by atoms with E-state index in [4.69, 9.17) is 4.74 Å². The zero-order chi connectivity index (χ0) is 19.2. The van der Waals surface area contributed by atoms with Gasteiger partial charge in [0, 0.05) is 4.70 Å². The van der Waals surface area contributed by atoms with Crippen LogP contribution in [0, 0.1) is 0 Å².